The Balaban J connectivity index is 1.33. The van der Waals surface area contributed by atoms with Gasteiger partial charge in [-0.25, -0.2) is 0 Å². The number of benzene rings is 6. The highest BCUT2D eigenvalue weighted by atomic mass is 32.1. The van der Waals surface area contributed by atoms with Gasteiger partial charge < -0.3 is 9.80 Å². The van der Waals surface area contributed by atoms with E-state index in [0.717, 1.165) is 0 Å². The van der Waals surface area contributed by atoms with Crippen LogP contribution in [0.15, 0.2) is 115 Å². The smallest absolute Gasteiger partial charge is 0.264 e. The lowest BCUT2D eigenvalue weighted by molar-refractivity contribution is 0.332. The molecule has 0 spiro atoms. The molecule has 0 N–H and O–H groups in total. The number of hydrogen-bond acceptors (Lipinski definition) is 3. The highest BCUT2D eigenvalue weighted by molar-refractivity contribution is 7.33. The first-order valence-corrected chi connectivity index (χ1v) is 24.2. The van der Waals surface area contributed by atoms with Gasteiger partial charge in [-0.3, -0.25) is 0 Å². The fraction of sp³-hybridized carbons (Fsp3) is 0.356. The van der Waals surface area contributed by atoms with Crippen molar-refractivity contribution in [3.63, 3.8) is 0 Å². The van der Waals surface area contributed by atoms with Crippen LogP contribution in [-0.4, -0.2) is 6.71 Å². The van der Waals surface area contributed by atoms with E-state index in [0.29, 0.717) is 0 Å². The third-order valence-corrected chi connectivity index (χ3v) is 16.0. The molecule has 1 aliphatic carbocycles. The Labute approximate surface area is 382 Å². The van der Waals surface area contributed by atoms with Crippen LogP contribution in [0.1, 0.15) is 136 Å². The van der Waals surface area contributed by atoms with Crippen molar-refractivity contribution in [2.75, 3.05) is 9.80 Å². The third kappa shape index (κ3) is 6.72. The molecular weight excluding hydrogens is 780 g/mol. The molecule has 4 heteroatoms. The maximum Gasteiger partial charge on any atom is 0.264 e. The van der Waals surface area contributed by atoms with Gasteiger partial charge in [-0.15, -0.1) is 11.3 Å². The Kier molecular flexibility index (Phi) is 9.30. The van der Waals surface area contributed by atoms with E-state index in [1.54, 1.807) is 0 Å². The van der Waals surface area contributed by atoms with E-state index < -0.39 is 0 Å². The molecule has 2 nitrogen and oxygen atoms in total. The van der Waals surface area contributed by atoms with Crippen molar-refractivity contribution in [3.8, 4) is 11.1 Å². The van der Waals surface area contributed by atoms with Crippen molar-refractivity contribution in [3.05, 3.63) is 149 Å². The number of nitrogens with zero attached hydrogens (tertiary/aromatic N) is 2. The van der Waals surface area contributed by atoms with Gasteiger partial charge in [-0.1, -0.05) is 151 Å². The fourth-order valence-corrected chi connectivity index (χ4v) is 12.1. The summed E-state index contributed by atoms with van der Waals surface area (Å²) in [6.07, 6.45) is 2.38. The van der Waals surface area contributed by atoms with Crippen molar-refractivity contribution in [1.29, 1.82) is 0 Å². The minimum atomic E-state index is -0.0264. The van der Waals surface area contributed by atoms with Crippen molar-refractivity contribution in [1.82, 2.24) is 0 Å². The molecule has 320 valence electrons. The number of fused-ring (bicyclic) bond motifs is 7. The number of thiophene rings is 1. The molecule has 7 aromatic rings. The number of aryl methyl sites for hydroxylation is 1. The molecular formula is C59H65BN2S. The molecule has 63 heavy (non-hydrogen) atoms. The second-order valence-corrected chi connectivity index (χ2v) is 24.5. The van der Waals surface area contributed by atoms with Crippen molar-refractivity contribution >= 4 is 78.0 Å². The summed E-state index contributed by atoms with van der Waals surface area (Å²) in [5.74, 6) is 0. The normalized spacial score (nSPS) is 16.4. The summed E-state index contributed by atoms with van der Waals surface area (Å²) in [5, 5.41) is 1.35. The van der Waals surface area contributed by atoms with Gasteiger partial charge in [-0.05, 0) is 151 Å². The predicted molar refractivity (Wildman–Crippen MR) is 277 cm³/mol. The highest BCUT2D eigenvalue weighted by Gasteiger charge is 2.47. The molecule has 10 rings (SSSR count). The summed E-state index contributed by atoms with van der Waals surface area (Å²) in [4.78, 5) is 5.34. The van der Waals surface area contributed by atoms with E-state index in [4.69, 9.17) is 0 Å². The largest absolute Gasteiger partial charge is 0.311 e. The standard InChI is InChI=1S/C59H65BN2S/c1-36-30-49-52-50(31-36)62(47-26-21-38(55(2,3)4)32-42(47)37-18-16-15-17-19-37)48-34-40(57(8,9)10)20-25-46(48)60(52)54-53(43-33-39(56(5,6)7)22-27-51(43)63-54)61(49)41-23-24-44-45(35-41)59(13,14)29-28-58(44,11)12/h15-27,30-35H,28-29H2,1-14H3. The maximum absolute atomic E-state index is 2.69. The Morgan fingerprint density at radius 3 is 1.79 bits per heavy atom. The molecule has 0 saturated heterocycles. The number of hydrogen-bond donors (Lipinski definition) is 0. The van der Waals surface area contributed by atoms with Crippen molar-refractivity contribution < 1.29 is 0 Å². The molecule has 0 unspecified atom stereocenters. The zero-order chi connectivity index (χ0) is 44.8. The van der Waals surface area contributed by atoms with Gasteiger partial charge in [0.05, 0.1) is 11.4 Å². The highest BCUT2D eigenvalue weighted by Crippen LogP contribution is 2.53. The van der Waals surface area contributed by atoms with Crippen LogP contribution in [0.2, 0.25) is 0 Å². The van der Waals surface area contributed by atoms with Crippen molar-refractivity contribution in [2.45, 2.75) is 137 Å². The monoisotopic (exact) mass is 844 g/mol. The van der Waals surface area contributed by atoms with Crippen LogP contribution < -0.4 is 25.5 Å². The molecule has 0 radical (unpaired) electrons. The van der Waals surface area contributed by atoms with E-state index >= 15 is 0 Å². The second-order valence-electron chi connectivity index (χ2n) is 23.5. The SMILES string of the molecule is Cc1cc2c3c(c1)N(c1ccc4c(c1)C(C)(C)CCC4(C)C)c1c(sc4ccc(C(C)(C)C)cc14)B3c1ccc(C(C)(C)C)cc1N2c1ccc(C(C)(C)C)cc1-c1ccccc1. The molecule has 3 heterocycles. The molecule has 1 aromatic heterocycles. The lowest BCUT2D eigenvalue weighted by Gasteiger charge is -2.45. The van der Waals surface area contributed by atoms with Crippen LogP contribution >= 0.6 is 11.3 Å². The quantitative estimate of drug-likeness (QED) is 0.164. The van der Waals surface area contributed by atoms with Gasteiger partial charge in [0.15, 0.2) is 0 Å². The first kappa shape index (κ1) is 41.9. The third-order valence-electron chi connectivity index (χ3n) is 14.8. The summed E-state index contributed by atoms with van der Waals surface area (Å²) in [7, 11) is 0. The van der Waals surface area contributed by atoms with Gasteiger partial charge in [0.1, 0.15) is 0 Å². The Hall–Kier alpha value is -5.06. The molecule has 6 aromatic carbocycles. The minimum Gasteiger partial charge on any atom is -0.311 e. The van der Waals surface area contributed by atoms with Gasteiger partial charge in [0.25, 0.3) is 6.71 Å². The molecule has 0 atom stereocenters. The topological polar surface area (TPSA) is 6.48 Å². The molecule has 3 aliphatic rings. The molecule has 0 bridgehead atoms. The van der Waals surface area contributed by atoms with Crippen LogP contribution in [0.4, 0.5) is 34.1 Å². The van der Waals surface area contributed by atoms with E-state index in [9.17, 15) is 0 Å². The van der Waals surface area contributed by atoms with Crippen LogP contribution in [0.3, 0.4) is 0 Å². The van der Waals surface area contributed by atoms with Gasteiger partial charge in [-0.2, -0.15) is 0 Å². The van der Waals surface area contributed by atoms with Gasteiger partial charge >= 0.3 is 0 Å². The Bertz CT molecular complexity index is 2980. The summed E-state index contributed by atoms with van der Waals surface area (Å²) in [6.45, 7) is 33.3. The minimum absolute atomic E-state index is 0.00153. The van der Waals surface area contributed by atoms with E-state index in [1.165, 1.54) is 117 Å². The van der Waals surface area contributed by atoms with Gasteiger partial charge in [0, 0.05) is 43.2 Å². The summed E-state index contributed by atoms with van der Waals surface area (Å²) < 4.78 is 2.78. The number of rotatable bonds is 3. The molecule has 0 amide bonds. The number of anilines is 6. The lowest BCUT2D eigenvalue weighted by Crippen LogP contribution is -2.60. The average molecular weight is 845 g/mol. The van der Waals surface area contributed by atoms with E-state index in [-0.39, 0.29) is 33.8 Å². The zero-order valence-corrected chi connectivity index (χ0v) is 41.1. The van der Waals surface area contributed by atoms with E-state index in [1.807, 2.05) is 11.3 Å². The average Bonchev–Trinajstić information content (AvgIpc) is 3.60. The van der Waals surface area contributed by atoms with Crippen LogP contribution in [0.25, 0.3) is 21.2 Å². The van der Waals surface area contributed by atoms with E-state index in [2.05, 4.69) is 222 Å². The van der Waals surface area contributed by atoms with Crippen molar-refractivity contribution in [2.24, 2.45) is 0 Å². The summed E-state index contributed by atoms with van der Waals surface area (Å²) >= 11 is 2.00. The molecule has 0 fully saturated rings. The second kappa shape index (κ2) is 14.0. The predicted octanol–water partition coefficient (Wildman–Crippen LogP) is 15.2. The van der Waals surface area contributed by atoms with Crippen LogP contribution in [-0.2, 0) is 27.1 Å². The Morgan fingerprint density at radius 2 is 1.13 bits per heavy atom. The van der Waals surface area contributed by atoms with Crippen LogP contribution in [0.5, 0.6) is 0 Å². The lowest BCUT2D eigenvalue weighted by atomic mass is 9.36. The molecule has 0 saturated carbocycles. The van der Waals surface area contributed by atoms with Crippen LogP contribution in [0, 0.1) is 6.92 Å². The first-order valence-electron chi connectivity index (χ1n) is 23.3. The zero-order valence-electron chi connectivity index (χ0n) is 40.3. The maximum atomic E-state index is 2.69. The Morgan fingerprint density at radius 1 is 0.540 bits per heavy atom. The fourth-order valence-electron chi connectivity index (χ4n) is 10.8. The molecule has 2 aliphatic heterocycles. The van der Waals surface area contributed by atoms with Gasteiger partial charge in [0.2, 0.25) is 0 Å². The summed E-state index contributed by atoms with van der Waals surface area (Å²) in [5.41, 5.74) is 21.4. The summed E-state index contributed by atoms with van der Waals surface area (Å²) in [6, 6.07) is 45.5. The first-order chi connectivity index (χ1) is 29.5.